The van der Waals surface area contributed by atoms with E-state index in [1.54, 1.807) is 0 Å². The van der Waals surface area contributed by atoms with Crippen molar-refractivity contribution in [2.45, 2.75) is 18.5 Å². The molecular weight excluding hydrogens is 289 g/mol. The summed E-state index contributed by atoms with van der Waals surface area (Å²) in [6.07, 6.45) is 1.26. The van der Waals surface area contributed by atoms with Crippen molar-refractivity contribution in [3.8, 4) is 0 Å². The van der Waals surface area contributed by atoms with Gasteiger partial charge < -0.3 is 14.9 Å². The predicted octanol–water partition coefficient (Wildman–Crippen LogP) is -1.72. The van der Waals surface area contributed by atoms with E-state index in [0.717, 1.165) is 0 Å². The van der Waals surface area contributed by atoms with Gasteiger partial charge in [0.1, 0.15) is 6.29 Å². The van der Waals surface area contributed by atoms with E-state index in [9.17, 15) is 19.3 Å². The van der Waals surface area contributed by atoms with Crippen LogP contribution in [-0.2, 0) is 4.57 Å². The van der Waals surface area contributed by atoms with Crippen LogP contribution in [0, 0.1) is 0 Å². The molecule has 1 fully saturated rings. The van der Waals surface area contributed by atoms with Crippen LogP contribution >= 0.6 is 7.60 Å². The number of aliphatic hydroxyl groups excluding tert-OH is 1. The zero-order valence-corrected chi connectivity index (χ0v) is 11.4. The molecule has 20 heavy (non-hydrogen) atoms. The fraction of sp³-hybridized carbons (Fsp3) is 0.600. The van der Waals surface area contributed by atoms with E-state index in [-0.39, 0.29) is 19.2 Å². The van der Waals surface area contributed by atoms with Gasteiger partial charge in [-0.3, -0.25) is 23.8 Å². The minimum Gasteiger partial charge on any atom is -0.395 e. The molecule has 1 aliphatic heterocycles. The maximum atomic E-state index is 11.7. The van der Waals surface area contributed by atoms with Crippen molar-refractivity contribution in [1.82, 2.24) is 14.5 Å². The van der Waals surface area contributed by atoms with Gasteiger partial charge in [0, 0.05) is 24.8 Å². The SMILES string of the molecule is O=c1ccn([C@H]2C[C@@H](CO)N(CP(=O)(O)O)C2)c(=O)[nH]1. The molecule has 1 aliphatic rings. The lowest BCUT2D eigenvalue weighted by Crippen LogP contribution is -2.34. The highest BCUT2D eigenvalue weighted by Crippen LogP contribution is 2.39. The van der Waals surface area contributed by atoms with Gasteiger partial charge in [-0.2, -0.15) is 0 Å². The Labute approximate surface area is 113 Å². The van der Waals surface area contributed by atoms with Crippen molar-refractivity contribution in [2.75, 3.05) is 19.4 Å². The van der Waals surface area contributed by atoms with Crippen molar-refractivity contribution >= 4 is 7.60 Å². The third-order valence-electron chi connectivity index (χ3n) is 3.33. The molecule has 2 atom stereocenters. The Balaban J connectivity index is 2.22. The summed E-state index contributed by atoms with van der Waals surface area (Å²) in [5.74, 6) is 0. The highest BCUT2D eigenvalue weighted by molar-refractivity contribution is 7.51. The Hall–Kier alpha value is -1.25. The van der Waals surface area contributed by atoms with E-state index in [2.05, 4.69) is 4.98 Å². The summed E-state index contributed by atoms with van der Waals surface area (Å²) in [5, 5.41) is 9.27. The molecule has 0 amide bonds. The van der Waals surface area contributed by atoms with Crippen molar-refractivity contribution in [2.24, 2.45) is 0 Å². The molecule has 0 aromatic carbocycles. The molecule has 2 heterocycles. The Morgan fingerprint density at radius 1 is 1.40 bits per heavy atom. The first-order valence-corrected chi connectivity index (χ1v) is 7.81. The van der Waals surface area contributed by atoms with Crippen LogP contribution in [-0.4, -0.2) is 54.8 Å². The van der Waals surface area contributed by atoms with Gasteiger partial charge in [0.05, 0.1) is 12.6 Å². The Bertz CT molecular complexity index is 634. The van der Waals surface area contributed by atoms with E-state index in [1.165, 1.54) is 21.7 Å². The van der Waals surface area contributed by atoms with Gasteiger partial charge in [-0.1, -0.05) is 0 Å². The van der Waals surface area contributed by atoms with Crippen LogP contribution in [0.25, 0.3) is 0 Å². The third kappa shape index (κ3) is 3.44. The number of nitrogens with one attached hydrogen (secondary N) is 1. The van der Waals surface area contributed by atoms with Crippen LogP contribution in [0.3, 0.4) is 0 Å². The van der Waals surface area contributed by atoms with Crippen molar-refractivity contribution in [3.05, 3.63) is 33.1 Å². The highest BCUT2D eigenvalue weighted by atomic mass is 31.2. The minimum absolute atomic E-state index is 0.224. The lowest BCUT2D eigenvalue weighted by molar-refractivity contribution is 0.168. The largest absolute Gasteiger partial charge is 0.395 e. The average molecular weight is 305 g/mol. The molecule has 0 aliphatic carbocycles. The molecule has 2 rings (SSSR count). The first kappa shape index (κ1) is 15.1. The van der Waals surface area contributed by atoms with E-state index in [1.807, 2.05) is 0 Å². The Morgan fingerprint density at radius 3 is 2.65 bits per heavy atom. The molecule has 1 aromatic rings. The maximum Gasteiger partial charge on any atom is 0.339 e. The number of likely N-dealkylation sites (tertiary alicyclic amines) is 1. The second kappa shape index (κ2) is 5.63. The van der Waals surface area contributed by atoms with E-state index in [4.69, 9.17) is 9.79 Å². The molecule has 9 nitrogen and oxygen atoms in total. The van der Waals surface area contributed by atoms with Gasteiger partial charge in [0.2, 0.25) is 0 Å². The molecule has 4 N–H and O–H groups in total. The molecule has 0 radical (unpaired) electrons. The lowest BCUT2D eigenvalue weighted by atomic mass is 10.2. The summed E-state index contributed by atoms with van der Waals surface area (Å²) in [6, 6.07) is 0.440. The molecule has 1 saturated heterocycles. The number of hydrogen-bond donors (Lipinski definition) is 4. The summed E-state index contributed by atoms with van der Waals surface area (Å²) in [6.45, 7) is -0.0309. The number of aliphatic hydroxyl groups is 1. The highest BCUT2D eigenvalue weighted by Gasteiger charge is 2.36. The van der Waals surface area contributed by atoms with E-state index >= 15 is 0 Å². The standard InChI is InChI=1S/C10H16N3O6P/c14-5-8-3-7(4-12(8)6-20(17,18)19)13-2-1-9(15)11-10(13)16/h1-2,7-8,14H,3-6H2,(H,11,15,16)(H2,17,18,19)/t7-,8-/m0/s1. The molecule has 0 bridgehead atoms. The Kier molecular flexibility index (Phi) is 4.26. The molecule has 112 valence electrons. The summed E-state index contributed by atoms with van der Waals surface area (Å²) in [5.41, 5.74) is -1.08. The van der Waals surface area contributed by atoms with Crippen LogP contribution in [0.2, 0.25) is 0 Å². The number of H-pyrrole nitrogens is 1. The molecular formula is C10H16N3O6P. The van der Waals surface area contributed by atoms with Gasteiger partial charge in [0.25, 0.3) is 5.56 Å². The number of nitrogens with zero attached hydrogens (tertiary/aromatic N) is 2. The van der Waals surface area contributed by atoms with Crippen LogP contribution in [0.5, 0.6) is 0 Å². The van der Waals surface area contributed by atoms with Crippen molar-refractivity contribution in [3.63, 3.8) is 0 Å². The second-order valence-corrected chi connectivity index (χ2v) is 6.43. The van der Waals surface area contributed by atoms with Gasteiger partial charge in [-0.05, 0) is 6.42 Å². The topological polar surface area (TPSA) is 136 Å². The van der Waals surface area contributed by atoms with Crippen LogP contribution in [0.15, 0.2) is 21.9 Å². The van der Waals surface area contributed by atoms with Crippen LogP contribution < -0.4 is 11.2 Å². The summed E-state index contributed by atoms with van der Waals surface area (Å²) < 4.78 is 12.4. The number of aromatic nitrogens is 2. The number of rotatable bonds is 4. The van der Waals surface area contributed by atoms with Gasteiger partial charge in [-0.15, -0.1) is 0 Å². The van der Waals surface area contributed by atoms with Crippen molar-refractivity contribution in [1.29, 1.82) is 0 Å². The quantitative estimate of drug-likeness (QED) is 0.486. The monoisotopic (exact) mass is 305 g/mol. The lowest BCUT2D eigenvalue weighted by Gasteiger charge is -2.22. The predicted molar refractivity (Wildman–Crippen MR) is 69.5 cm³/mol. The summed E-state index contributed by atoms with van der Waals surface area (Å²) >= 11 is 0. The van der Waals surface area contributed by atoms with E-state index in [0.29, 0.717) is 6.42 Å². The van der Waals surface area contributed by atoms with Gasteiger partial charge in [0.15, 0.2) is 0 Å². The van der Waals surface area contributed by atoms with Crippen molar-refractivity contribution < 1.29 is 19.5 Å². The third-order valence-corrected chi connectivity index (χ3v) is 4.06. The van der Waals surface area contributed by atoms with Crippen LogP contribution in [0.4, 0.5) is 0 Å². The average Bonchev–Trinajstić information content (AvgIpc) is 2.69. The molecule has 0 saturated carbocycles. The Morgan fingerprint density at radius 2 is 2.10 bits per heavy atom. The molecule has 0 spiro atoms. The zero-order valence-electron chi connectivity index (χ0n) is 10.5. The zero-order chi connectivity index (χ0) is 14.9. The number of aromatic amines is 1. The number of hydrogen-bond acceptors (Lipinski definition) is 5. The van der Waals surface area contributed by atoms with Gasteiger partial charge in [-0.25, -0.2) is 4.79 Å². The van der Waals surface area contributed by atoms with Gasteiger partial charge >= 0.3 is 13.3 Å². The summed E-state index contributed by atoms with van der Waals surface area (Å²) in [4.78, 5) is 44.3. The second-order valence-electron chi connectivity index (χ2n) is 4.82. The fourth-order valence-corrected chi connectivity index (χ4v) is 3.29. The normalized spacial score (nSPS) is 24.1. The van der Waals surface area contributed by atoms with Crippen LogP contribution in [0.1, 0.15) is 12.5 Å². The molecule has 10 heteroatoms. The molecule has 0 unspecified atom stereocenters. The first-order chi connectivity index (χ1) is 9.30. The van der Waals surface area contributed by atoms with E-state index < -0.39 is 31.2 Å². The smallest absolute Gasteiger partial charge is 0.339 e. The fourth-order valence-electron chi connectivity index (χ4n) is 2.47. The first-order valence-electron chi connectivity index (χ1n) is 6.01. The summed E-state index contributed by atoms with van der Waals surface area (Å²) in [7, 11) is -4.23. The minimum atomic E-state index is -4.23. The maximum absolute atomic E-state index is 11.7. The molecule has 1 aromatic heterocycles.